The summed E-state index contributed by atoms with van der Waals surface area (Å²) in [6, 6.07) is 2.12. The van der Waals surface area contributed by atoms with Gasteiger partial charge in [0.25, 0.3) is 0 Å². The van der Waals surface area contributed by atoms with Crippen molar-refractivity contribution in [2.24, 2.45) is 0 Å². The molecule has 1 saturated carbocycles. The monoisotopic (exact) mass is 234 g/mol. The fourth-order valence-electron chi connectivity index (χ4n) is 2.01. The van der Waals surface area contributed by atoms with Crippen LogP contribution in [0.3, 0.4) is 0 Å². The number of thiophene rings is 1. The first-order valence-corrected chi connectivity index (χ1v) is 6.35. The summed E-state index contributed by atoms with van der Waals surface area (Å²) in [5.74, 6) is 0.495. The Morgan fingerprint density at radius 1 is 1.31 bits per heavy atom. The highest BCUT2D eigenvalue weighted by Crippen LogP contribution is 2.40. The van der Waals surface area contributed by atoms with Crippen LogP contribution in [0.4, 0.5) is 0 Å². The minimum atomic E-state index is 0.292. The predicted octanol–water partition coefficient (Wildman–Crippen LogP) is 4.67. The summed E-state index contributed by atoms with van der Waals surface area (Å²) in [6.07, 6.45) is 4.90. The number of hydrogen-bond acceptors (Lipinski definition) is 1. The van der Waals surface area contributed by atoms with Gasteiger partial charge in [0.1, 0.15) is 0 Å². The van der Waals surface area contributed by atoms with Crippen LogP contribution in [-0.4, -0.2) is 5.38 Å². The molecule has 2 unspecified atom stereocenters. The van der Waals surface area contributed by atoms with Gasteiger partial charge in [-0.2, -0.15) is 0 Å². The highest BCUT2D eigenvalue weighted by molar-refractivity contribution is 7.14. The summed E-state index contributed by atoms with van der Waals surface area (Å²) >= 11 is 14.0. The fraction of sp³-hybridized carbons (Fsp3) is 0.600. The number of alkyl halides is 1. The normalized spacial score (nSPS) is 29.1. The van der Waals surface area contributed by atoms with Crippen LogP contribution < -0.4 is 0 Å². The molecule has 1 heterocycles. The summed E-state index contributed by atoms with van der Waals surface area (Å²) < 4.78 is 0.928. The molecule has 0 bridgehead atoms. The van der Waals surface area contributed by atoms with Gasteiger partial charge in [-0.1, -0.05) is 24.4 Å². The molecule has 0 radical (unpaired) electrons. The second kappa shape index (κ2) is 4.20. The maximum Gasteiger partial charge on any atom is 0.0963 e. The molecule has 0 saturated heterocycles. The van der Waals surface area contributed by atoms with E-state index in [9.17, 15) is 0 Å². The van der Waals surface area contributed by atoms with Gasteiger partial charge in [-0.3, -0.25) is 0 Å². The van der Waals surface area contributed by atoms with E-state index in [4.69, 9.17) is 23.2 Å². The van der Waals surface area contributed by atoms with E-state index < -0.39 is 0 Å². The van der Waals surface area contributed by atoms with Crippen LogP contribution in [0.5, 0.6) is 0 Å². The van der Waals surface area contributed by atoms with Crippen LogP contribution in [0.15, 0.2) is 11.4 Å². The van der Waals surface area contributed by atoms with Crippen LogP contribution in [0.25, 0.3) is 0 Å². The van der Waals surface area contributed by atoms with Crippen molar-refractivity contribution in [2.45, 2.75) is 37.0 Å². The standard InChI is InChI=1S/C10H12Cl2S/c11-9-4-2-1-3-7(9)8-5-6-13-10(8)12/h5-7,9H,1-4H2. The molecule has 2 atom stereocenters. The maximum atomic E-state index is 6.29. The summed E-state index contributed by atoms with van der Waals surface area (Å²) in [6.45, 7) is 0. The SMILES string of the molecule is Clc1sccc1C1CCCCC1Cl. The maximum absolute atomic E-state index is 6.29. The van der Waals surface area contributed by atoms with Crippen LogP contribution in [0, 0.1) is 0 Å². The molecule has 72 valence electrons. The average Bonchev–Trinajstić information content (AvgIpc) is 2.52. The Morgan fingerprint density at radius 2 is 2.08 bits per heavy atom. The molecule has 1 aliphatic carbocycles. The molecule has 0 aliphatic heterocycles. The van der Waals surface area contributed by atoms with Gasteiger partial charge in [-0.25, -0.2) is 0 Å². The van der Waals surface area contributed by atoms with Crippen molar-refractivity contribution in [1.82, 2.24) is 0 Å². The molecule has 0 N–H and O–H groups in total. The molecule has 0 aromatic carbocycles. The minimum absolute atomic E-state index is 0.292. The van der Waals surface area contributed by atoms with Crippen molar-refractivity contribution in [3.8, 4) is 0 Å². The average molecular weight is 235 g/mol. The first-order chi connectivity index (χ1) is 6.29. The lowest BCUT2D eigenvalue weighted by Crippen LogP contribution is -2.17. The second-order valence-corrected chi connectivity index (χ2v) is 5.64. The smallest absolute Gasteiger partial charge is 0.0963 e. The number of rotatable bonds is 1. The first kappa shape index (κ1) is 9.82. The molecule has 13 heavy (non-hydrogen) atoms. The van der Waals surface area contributed by atoms with Crippen LogP contribution >= 0.6 is 34.5 Å². The Bertz CT molecular complexity index is 282. The van der Waals surface area contributed by atoms with E-state index >= 15 is 0 Å². The molecule has 2 rings (SSSR count). The second-order valence-electron chi connectivity index (χ2n) is 3.56. The Morgan fingerprint density at radius 3 is 2.69 bits per heavy atom. The third kappa shape index (κ3) is 2.03. The van der Waals surface area contributed by atoms with Crippen molar-refractivity contribution >= 4 is 34.5 Å². The zero-order chi connectivity index (χ0) is 9.26. The molecule has 1 fully saturated rings. The summed E-state index contributed by atoms with van der Waals surface area (Å²) in [7, 11) is 0. The highest BCUT2D eigenvalue weighted by atomic mass is 35.5. The first-order valence-electron chi connectivity index (χ1n) is 4.66. The Labute approximate surface area is 92.9 Å². The summed E-state index contributed by atoms with van der Waals surface area (Å²) in [4.78, 5) is 0. The van der Waals surface area contributed by atoms with Crippen molar-refractivity contribution in [3.63, 3.8) is 0 Å². The number of halogens is 2. The fourth-order valence-corrected chi connectivity index (χ4v) is 3.47. The van der Waals surface area contributed by atoms with E-state index in [-0.39, 0.29) is 0 Å². The Balaban J connectivity index is 2.19. The quantitative estimate of drug-likeness (QED) is 0.620. The summed E-state index contributed by atoms with van der Waals surface area (Å²) in [5.41, 5.74) is 1.27. The highest BCUT2D eigenvalue weighted by Gasteiger charge is 2.26. The lowest BCUT2D eigenvalue weighted by molar-refractivity contribution is 0.451. The predicted molar refractivity (Wildman–Crippen MR) is 60.2 cm³/mol. The van der Waals surface area contributed by atoms with Gasteiger partial charge in [0, 0.05) is 11.3 Å². The Hall–Kier alpha value is 0.280. The molecule has 1 aliphatic rings. The van der Waals surface area contributed by atoms with E-state index in [1.54, 1.807) is 11.3 Å². The topological polar surface area (TPSA) is 0 Å². The molecular formula is C10H12Cl2S. The van der Waals surface area contributed by atoms with Crippen molar-refractivity contribution in [3.05, 3.63) is 21.3 Å². The van der Waals surface area contributed by atoms with Gasteiger partial charge in [-0.15, -0.1) is 22.9 Å². The van der Waals surface area contributed by atoms with Gasteiger partial charge in [-0.05, 0) is 29.9 Å². The molecule has 1 aromatic rings. The van der Waals surface area contributed by atoms with Gasteiger partial charge < -0.3 is 0 Å². The van der Waals surface area contributed by atoms with E-state index in [0.717, 1.165) is 10.8 Å². The van der Waals surface area contributed by atoms with Gasteiger partial charge in [0.15, 0.2) is 0 Å². The van der Waals surface area contributed by atoms with Gasteiger partial charge in [0.05, 0.1) is 4.34 Å². The van der Waals surface area contributed by atoms with E-state index in [2.05, 4.69) is 11.4 Å². The van der Waals surface area contributed by atoms with Crippen molar-refractivity contribution in [2.75, 3.05) is 0 Å². The lowest BCUT2D eigenvalue weighted by Gasteiger charge is -2.26. The van der Waals surface area contributed by atoms with Crippen LogP contribution in [0.2, 0.25) is 4.34 Å². The Kier molecular flexibility index (Phi) is 3.18. The molecule has 0 amide bonds. The number of hydrogen-bond donors (Lipinski definition) is 0. The van der Waals surface area contributed by atoms with Crippen molar-refractivity contribution < 1.29 is 0 Å². The van der Waals surface area contributed by atoms with E-state index in [1.807, 2.05) is 0 Å². The molecule has 0 nitrogen and oxygen atoms in total. The van der Waals surface area contributed by atoms with Crippen molar-refractivity contribution in [1.29, 1.82) is 0 Å². The van der Waals surface area contributed by atoms with E-state index in [1.165, 1.54) is 24.8 Å². The largest absolute Gasteiger partial charge is 0.132 e. The molecule has 3 heteroatoms. The zero-order valence-electron chi connectivity index (χ0n) is 7.30. The van der Waals surface area contributed by atoms with Gasteiger partial charge in [0.2, 0.25) is 0 Å². The lowest BCUT2D eigenvalue weighted by atomic mass is 9.85. The molecule has 1 aromatic heterocycles. The third-order valence-corrected chi connectivity index (χ3v) is 4.45. The van der Waals surface area contributed by atoms with Gasteiger partial charge >= 0.3 is 0 Å². The van der Waals surface area contributed by atoms with Crippen LogP contribution in [-0.2, 0) is 0 Å². The van der Waals surface area contributed by atoms with E-state index in [0.29, 0.717) is 11.3 Å². The zero-order valence-corrected chi connectivity index (χ0v) is 9.63. The minimum Gasteiger partial charge on any atom is -0.132 e. The molecular weight excluding hydrogens is 223 g/mol. The molecule has 0 spiro atoms. The van der Waals surface area contributed by atoms with Crippen LogP contribution in [0.1, 0.15) is 37.2 Å². The summed E-state index contributed by atoms with van der Waals surface area (Å²) in [5, 5.41) is 2.34. The third-order valence-electron chi connectivity index (χ3n) is 2.73.